The number of pyridine rings is 2. The van der Waals surface area contributed by atoms with Crippen LogP contribution in [0.25, 0.3) is 11.4 Å². The molecule has 26 heavy (non-hydrogen) atoms. The average molecular weight is 357 g/mol. The number of hydrogen-bond donors (Lipinski definition) is 0. The van der Waals surface area contributed by atoms with Gasteiger partial charge < -0.3 is 9.47 Å². The van der Waals surface area contributed by atoms with Gasteiger partial charge in [0.15, 0.2) is 0 Å². The minimum atomic E-state index is 0.201. The van der Waals surface area contributed by atoms with Crippen LogP contribution in [0.2, 0.25) is 0 Å². The van der Waals surface area contributed by atoms with E-state index in [9.17, 15) is 0 Å². The first-order valence-corrected chi connectivity index (χ1v) is 9.88. The van der Waals surface area contributed by atoms with Crippen LogP contribution >= 0.6 is 0 Å². The van der Waals surface area contributed by atoms with E-state index in [2.05, 4.69) is 37.7 Å². The highest BCUT2D eigenvalue weighted by Crippen LogP contribution is 2.25. The van der Waals surface area contributed by atoms with Crippen LogP contribution in [0.5, 0.6) is 11.5 Å². The maximum Gasteiger partial charge on any atom is 0.123 e. The summed E-state index contributed by atoms with van der Waals surface area (Å²) in [6.07, 6.45) is 10.8. The minimum Gasteiger partial charge on any atom is -0.491 e. The SMILES string of the molecule is CCCCC(C)Oc1ccnc(-c2cc(OC(C)CCCC)ccn2)c1. The molecule has 4 nitrogen and oxygen atoms in total. The van der Waals surface area contributed by atoms with Gasteiger partial charge in [-0.15, -0.1) is 0 Å². The van der Waals surface area contributed by atoms with E-state index in [-0.39, 0.29) is 12.2 Å². The molecule has 0 aromatic carbocycles. The van der Waals surface area contributed by atoms with Crippen molar-refractivity contribution in [2.45, 2.75) is 78.4 Å². The van der Waals surface area contributed by atoms with Crippen molar-refractivity contribution in [1.29, 1.82) is 0 Å². The molecule has 0 spiro atoms. The van der Waals surface area contributed by atoms with E-state index in [0.29, 0.717) is 0 Å². The van der Waals surface area contributed by atoms with Crippen molar-refractivity contribution in [3.63, 3.8) is 0 Å². The van der Waals surface area contributed by atoms with Crippen LogP contribution in [0.1, 0.15) is 66.2 Å². The fourth-order valence-corrected chi connectivity index (χ4v) is 2.81. The van der Waals surface area contributed by atoms with Crippen molar-refractivity contribution >= 4 is 0 Å². The molecular formula is C22H32N2O2. The third-order valence-electron chi connectivity index (χ3n) is 4.33. The van der Waals surface area contributed by atoms with Gasteiger partial charge in [0.2, 0.25) is 0 Å². The molecule has 0 radical (unpaired) electrons. The molecule has 0 bridgehead atoms. The lowest BCUT2D eigenvalue weighted by atomic mass is 10.2. The molecule has 0 fully saturated rings. The van der Waals surface area contributed by atoms with Gasteiger partial charge in [0, 0.05) is 24.5 Å². The predicted molar refractivity (Wildman–Crippen MR) is 107 cm³/mol. The molecule has 0 aliphatic carbocycles. The summed E-state index contributed by atoms with van der Waals surface area (Å²) in [5, 5.41) is 0. The Hall–Kier alpha value is -2.10. The quantitative estimate of drug-likeness (QED) is 0.491. The first-order valence-electron chi connectivity index (χ1n) is 9.88. The van der Waals surface area contributed by atoms with Crippen LogP contribution in [0.4, 0.5) is 0 Å². The summed E-state index contributed by atoms with van der Waals surface area (Å²) >= 11 is 0. The molecule has 2 atom stereocenters. The Labute approximate surface area is 158 Å². The molecule has 0 aliphatic heterocycles. The average Bonchev–Trinajstić information content (AvgIpc) is 2.65. The lowest BCUT2D eigenvalue weighted by Crippen LogP contribution is -2.12. The number of hydrogen-bond acceptors (Lipinski definition) is 4. The van der Waals surface area contributed by atoms with Gasteiger partial charge in [0.05, 0.1) is 23.6 Å². The highest BCUT2D eigenvalue weighted by molar-refractivity contribution is 5.57. The van der Waals surface area contributed by atoms with E-state index in [1.807, 2.05) is 24.3 Å². The van der Waals surface area contributed by atoms with Gasteiger partial charge in [-0.05, 0) is 38.8 Å². The summed E-state index contributed by atoms with van der Waals surface area (Å²) in [5.74, 6) is 1.67. The van der Waals surface area contributed by atoms with E-state index in [1.165, 1.54) is 25.7 Å². The van der Waals surface area contributed by atoms with Crippen LogP contribution in [0.15, 0.2) is 36.7 Å². The summed E-state index contributed by atoms with van der Waals surface area (Å²) in [7, 11) is 0. The highest BCUT2D eigenvalue weighted by Gasteiger charge is 2.09. The normalized spacial score (nSPS) is 13.2. The molecule has 4 heteroatoms. The molecule has 2 unspecified atom stereocenters. The molecule has 142 valence electrons. The van der Waals surface area contributed by atoms with Crippen molar-refractivity contribution in [2.24, 2.45) is 0 Å². The second-order valence-corrected chi connectivity index (χ2v) is 6.89. The lowest BCUT2D eigenvalue weighted by molar-refractivity contribution is 0.207. The summed E-state index contributed by atoms with van der Waals surface area (Å²) in [6, 6.07) is 7.71. The van der Waals surface area contributed by atoms with E-state index in [4.69, 9.17) is 9.47 Å². The molecule has 0 aliphatic rings. The lowest BCUT2D eigenvalue weighted by Gasteiger charge is -2.16. The van der Waals surface area contributed by atoms with Gasteiger partial charge in [0.25, 0.3) is 0 Å². The Morgan fingerprint density at radius 3 is 1.58 bits per heavy atom. The van der Waals surface area contributed by atoms with Crippen LogP contribution in [-0.4, -0.2) is 22.2 Å². The number of rotatable bonds is 11. The Morgan fingerprint density at radius 1 is 0.769 bits per heavy atom. The first kappa shape index (κ1) is 20.2. The zero-order valence-corrected chi connectivity index (χ0v) is 16.6. The molecule has 0 amide bonds. The Morgan fingerprint density at radius 2 is 1.19 bits per heavy atom. The van der Waals surface area contributed by atoms with Gasteiger partial charge in [-0.2, -0.15) is 0 Å². The van der Waals surface area contributed by atoms with E-state index in [1.54, 1.807) is 12.4 Å². The molecule has 2 aromatic heterocycles. The third kappa shape index (κ3) is 6.66. The smallest absolute Gasteiger partial charge is 0.123 e. The Kier molecular flexibility index (Phi) is 8.39. The van der Waals surface area contributed by atoms with Crippen molar-refractivity contribution < 1.29 is 9.47 Å². The maximum absolute atomic E-state index is 6.02. The molecule has 2 aromatic rings. The number of unbranched alkanes of at least 4 members (excludes halogenated alkanes) is 2. The summed E-state index contributed by atoms with van der Waals surface area (Å²) in [5.41, 5.74) is 1.61. The molecular weight excluding hydrogens is 324 g/mol. The number of aromatic nitrogens is 2. The van der Waals surface area contributed by atoms with Crippen molar-refractivity contribution in [2.75, 3.05) is 0 Å². The highest BCUT2D eigenvalue weighted by atomic mass is 16.5. The maximum atomic E-state index is 6.02. The van der Waals surface area contributed by atoms with Crippen LogP contribution in [0.3, 0.4) is 0 Å². The third-order valence-corrected chi connectivity index (χ3v) is 4.33. The van der Waals surface area contributed by atoms with Gasteiger partial charge in [-0.3, -0.25) is 9.97 Å². The zero-order valence-electron chi connectivity index (χ0n) is 16.6. The van der Waals surface area contributed by atoms with E-state index >= 15 is 0 Å². The first-order chi connectivity index (χ1) is 12.6. The zero-order chi connectivity index (χ0) is 18.8. The molecule has 0 saturated carbocycles. The van der Waals surface area contributed by atoms with E-state index < -0.39 is 0 Å². The summed E-state index contributed by atoms with van der Waals surface area (Å²) < 4.78 is 12.0. The van der Waals surface area contributed by atoms with Crippen LogP contribution < -0.4 is 9.47 Å². The Bertz CT molecular complexity index is 603. The monoisotopic (exact) mass is 356 g/mol. The topological polar surface area (TPSA) is 44.2 Å². The molecule has 2 rings (SSSR count). The van der Waals surface area contributed by atoms with Crippen molar-refractivity contribution in [1.82, 2.24) is 9.97 Å². The van der Waals surface area contributed by atoms with Crippen molar-refractivity contribution in [3.05, 3.63) is 36.7 Å². The second kappa shape index (κ2) is 10.8. The van der Waals surface area contributed by atoms with Crippen LogP contribution in [-0.2, 0) is 0 Å². The second-order valence-electron chi connectivity index (χ2n) is 6.89. The van der Waals surface area contributed by atoms with E-state index in [0.717, 1.165) is 35.7 Å². The van der Waals surface area contributed by atoms with Gasteiger partial charge >= 0.3 is 0 Å². The minimum absolute atomic E-state index is 0.201. The molecule has 0 saturated heterocycles. The van der Waals surface area contributed by atoms with Crippen molar-refractivity contribution in [3.8, 4) is 22.9 Å². The van der Waals surface area contributed by atoms with Gasteiger partial charge in [0.1, 0.15) is 11.5 Å². The van der Waals surface area contributed by atoms with Gasteiger partial charge in [-0.1, -0.05) is 39.5 Å². The number of ether oxygens (including phenoxy) is 2. The number of nitrogens with zero attached hydrogens (tertiary/aromatic N) is 2. The van der Waals surface area contributed by atoms with Crippen LogP contribution in [0, 0.1) is 0 Å². The fraction of sp³-hybridized carbons (Fsp3) is 0.545. The Balaban J connectivity index is 2.06. The molecule has 0 N–H and O–H groups in total. The van der Waals surface area contributed by atoms with Gasteiger partial charge in [-0.25, -0.2) is 0 Å². The standard InChI is InChI=1S/C22H32N2O2/c1-5-7-9-17(3)25-19-11-13-23-21(15-19)22-16-20(12-14-24-22)26-18(4)10-8-6-2/h11-18H,5-10H2,1-4H3. The summed E-state index contributed by atoms with van der Waals surface area (Å²) in [4.78, 5) is 8.90. The largest absolute Gasteiger partial charge is 0.491 e. The molecule has 2 heterocycles. The fourth-order valence-electron chi connectivity index (χ4n) is 2.81. The predicted octanol–water partition coefficient (Wildman–Crippen LogP) is 6.06. The summed E-state index contributed by atoms with van der Waals surface area (Å²) in [6.45, 7) is 8.61.